The van der Waals surface area contributed by atoms with Crippen molar-refractivity contribution in [3.8, 4) is 0 Å². The van der Waals surface area contributed by atoms with Crippen molar-refractivity contribution >= 4 is 56.3 Å². The highest BCUT2D eigenvalue weighted by Gasteiger charge is 2.27. The number of carbonyl (C=O) groups is 1. The van der Waals surface area contributed by atoms with E-state index in [1.54, 1.807) is 4.90 Å². The monoisotopic (exact) mass is 526 g/mol. The fourth-order valence-corrected chi connectivity index (χ4v) is 3.88. The molecule has 2 aromatic rings. The molecule has 0 N–H and O–H groups in total. The van der Waals surface area contributed by atoms with E-state index in [4.69, 9.17) is 26.3 Å². The lowest BCUT2D eigenvalue weighted by Gasteiger charge is -2.36. The number of aromatic nitrogens is 2. The summed E-state index contributed by atoms with van der Waals surface area (Å²) in [6, 6.07) is 3.84. The Kier molecular flexibility index (Phi) is 7.73. The largest absolute Gasteiger partial charge is 0.444 e. The molecule has 1 aliphatic rings. The molecule has 0 spiro atoms. The molecule has 0 atom stereocenters. The van der Waals surface area contributed by atoms with Crippen LogP contribution in [-0.2, 0) is 4.74 Å². The van der Waals surface area contributed by atoms with Gasteiger partial charge in [0.1, 0.15) is 11.4 Å². The molecule has 0 aliphatic carbocycles. The van der Waals surface area contributed by atoms with Gasteiger partial charge in [0.15, 0.2) is 0 Å². The Morgan fingerprint density at radius 1 is 1.12 bits per heavy atom. The molecule has 1 amide bonds. The number of amides is 1. The SMILES string of the molecule is CN(C)CCN(C)c1nc(N2CCN(C(=O)OC(C)(C)C)CC2)c2cc(Cl)c(Br)cc2n1. The summed E-state index contributed by atoms with van der Waals surface area (Å²) in [4.78, 5) is 30.3. The average molecular weight is 528 g/mol. The van der Waals surface area contributed by atoms with Gasteiger partial charge in [-0.15, -0.1) is 0 Å². The number of piperazine rings is 1. The molecule has 3 rings (SSSR count). The van der Waals surface area contributed by atoms with Gasteiger partial charge >= 0.3 is 6.09 Å². The van der Waals surface area contributed by atoms with Crippen LogP contribution in [-0.4, -0.2) is 91.9 Å². The summed E-state index contributed by atoms with van der Waals surface area (Å²) in [5.41, 5.74) is 0.320. The minimum atomic E-state index is -0.507. The van der Waals surface area contributed by atoms with Crippen LogP contribution in [0.25, 0.3) is 10.9 Å². The maximum atomic E-state index is 12.4. The van der Waals surface area contributed by atoms with Crippen LogP contribution < -0.4 is 9.80 Å². The second-order valence-electron chi connectivity index (χ2n) is 9.31. The summed E-state index contributed by atoms with van der Waals surface area (Å²) >= 11 is 9.92. The van der Waals surface area contributed by atoms with Gasteiger partial charge in [0.2, 0.25) is 5.95 Å². The molecule has 0 saturated carbocycles. The van der Waals surface area contributed by atoms with Crippen LogP contribution in [0, 0.1) is 0 Å². The van der Waals surface area contributed by atoms with E-state index < -0.39 is 5.60 Å². The van der Waals surface area contributed by atoms with Gasteiger partial charge < -0.3 is 24.3 Å². The second-order valence-corrected chi connectivity index (χ2v) is 10.6. The predicted octanol–water partition coefficient (Wildman–Crippen LogP) is 4.10. The van der Waals surface area contributed by atoms with Crippen molar-refractivity contribution in [2.24, 2.45) is 0 Å². The van der Waals surface area contributed by atoms with Crippen LogP contribution in [0.2, 0.25) is 5.02 Å². The summed E-state index contributed by atoms with van der Waals surface area (Å²) in [7, 11) is 6.09. The van der Waals surface area contributed by atoms with Crippen LogP contribution in [0.4, 0.5) is 16.6 Å². The zero-order valence-corrected chi connectivity index (χ0v) is 22.0. The smallest absolute Gasteiger partial charge is 0.410 e. The van der Waals surface area contributed by atoms with E-state index in [2.05, 4.69) is 30.6 Å². The number of fused-ring (bicyclic) bond motifs is 1. The maximum Gasteiger partial charge on any atom is 0.410 e. The predicted molar refractivity (Wildman–Crippen MR) is 134 cm³/mol. The number of carbonyl (C=O) groups excluding carboxylic acids is 1. The average Bonchev–Trinajstić information content (AvgIpc) is 2.71. The fraction of sp³-hybridized carbons (Fsp3) is 0.591. The molecule has 32 heavy (non-hydrogen) atoms. The van der Waals surface area contributed by atoms with E-state index in [1.165, 1.54) is 0 Å². The topological polar surface area (TPSA) is 65.0 Å². The number of likely N-dealkylation sites (N-methyl/N-ethyl adjacent to an activating group) is 2. The Morgan fingerprint density at radius 3 is 2.38 bits per heavy atom. The number of rotatable bonds is 5. The first-order valence-corrected chi connectivity index (χ1v) is 11.9. The van der Waals surface area contributed by atoms with Crippen molar-refractivity contribution in [1.29, 1.82) is 0 Å². The summed E-state index contributed by atoms with van der Waals surface area (Å²) in [5, 5.41) is 1.51. The molecule has 2 heterocycles. The third kappa shape index (κ3) is 6.14. The molecule has 1 aromatic carbocycles. The molecule has 0 bridgehead atoms. The number of hydrogen-bond donors (Lipinski definition) is 0. The Hall–Kier alpha value is -1.84. The Labute approximate surface area is 203 Å². The zero-order chi connectivity index (χ0) is 23.6. The molecule has 1 aliphatic heterocycles. The first-order valence-electron chi connectivity index (χ1n) is 10.7. The van der Waals surface area contributed by atoms with Crippen LogP contribution >= 0.6 is 27.5 Å². The number of hydrogen-bond acceptors (Lipinski definition) is 7. The molecule has 10 heteroatoms. The van der Waals surface area contributed by atoms with Gasteiger partial charge in [-0.25, -0.2) is 9.78 Å². The van der Waals surface area contributed by atoms with E-state index in [0.29, 0.717) is 37.1 Å². The van der Waals surface area contributed by atoms with Gasteiger partial charge in [-0.3, -0.25) is 0 Å². The maximum absolute atomic E-state index is 12.4. The van der Waals surface area contributed by atoms with Crippen molar-refractivity contribution in [3.05, 3.63) is 21.6 Å². The normalized spacial score (nSPS) is 14.9. The lowest BCUT2D eigenvalue weighted by Crippen LogP contribution is -2.50. The van der Waals surface area contributed by atoms with Crippen molar-refractivity contribution in [2.45, 2.75) is 26.4 Å². The van der Waals surface area contributed by atoms with Gasteiger partial charge in [-0.1, -0.05) is 11.6 Å². The van der Waals surface area contributed by atoms with Gasteiger partial charge in [-0.2, -0.15) is 4.98 Å². The first-order chi connectivity index (χ1) is 14.9. The van der Waals surface area contributed by atoms with Gasteiger partial charge in [-0.05, 0) is 62.9 Å². The first kappa shape index (κ1) is 24.8. The molecular weight excluding hydrogens is 496 g/mol. The summed E-state index contributed by atoms with van der Waals surface area (Å²) in [6.07, 6.45) is -0.277. The van der Waals surface area contributed by atoms with Crippen molar-refractivity contribution in [2.75, 3.05) is 70.2 Å². The van der Waals surface area contributed by atoms with E-state index in [1.807, 2.05) is 54.0 Å². The molecule has 0 unspecified atom stereocenters. The summed E-state index contributed by atoms with van der Waals surface area (Å²) in [6.45, 7) is 9.77. The molecule has 8 nitrogen and oxygen atoms in total. The minimum Gasteiger partial charge on any atom is -0.444 e. The van der Waals surface area contributed by atoms with Crippen LogP contribution in [0.3, 0.4) is 0 Å². The van der Waals surface area contributed by atoms with Gasteiger partial charge in [0.25, 0.3) is 0 Å². The number of anilines is 2. The van der Waals surface area contributed by atoms with E-state index in [0.717, 1.165) is 34.3 Å². The molecule has 0 radical (unpaired) electrons. The number of benzene rings is 1. The van der Waals surface area contributed by atoms with E-state index >= 15 is 0 Å². The molecule has 1 saturated heterocycles. The van der Waals surface area contributed by atoms with Crippen LogP contribution in [0.15, 0.2) is 16.6 Å². The zero-order valence-electron chi connectivity index (χ0n) is 19.7. The van der Waals surface area contributed by atoms with Crippen molar-refractivity contribution in [1.82, 2.24) is 19.8 Å². The fourth-order valence-electron chi connectivity index (χ4n) is 3.38. The molecular formula is C22H32BrClN6O2. The summed E-state index contributed by atoms with van der Waals surface area (Å²) in [5.74, 6) is 1.50. The Morgan fingerprint density at radius 2 is 1.78 bits per heavy atom. The third-order valence-electron chi connectivity index (χ3n) is 5.16. The van der Waals surface area contributed by atoms with Crippen LogP contribution in [0.1, 0.15) is 20.8 Å². The van der Waals surface area contributed by atoms with E-state index in [-0.39, 0.29) is 6.09 Å². The summed E-state index contributed by atoms with van der Waals surface area (Å²) < 4.78 is 6.32. The van der Waals surface area contributed by atoms with Crippen molar-refractivity contribution < 1.29 is 9.53 Å². The van der Waals surface area contributed by atoms with Gasteiger partial charge in [0, 0.05) is 56.2 Å². The highest BCUT2D eigenvalue weighted by molar-refractivity contribution is 9.10. The second kappa shape index (κ2) is 9.97. The van der Waals surface area contributed by atoms with Crippen LogP contribution in [0.5, 0.6) is 0 Å². The van der Waals surface area contributed by atoms with E-state index in [9.17, 15) is 4.79 Å². The Bertz CT molecular complexity index is 973. The van der Waals surface area contributed by atoms with Crippen molar-refractivity contribution in [3.63, 3.8) is 0 Å². The third-order valence-corrected chi connectivity index (χ3v) is 6.36. The standard InChI is InChI=1S/C22H32BrClN6O2/c1-22(2,3)32-21(31)30-11-9-29(10-12-30)19-15-13-17(24)16(23)14-18(15)25-20(26-19)28(6)8-7-27(4)5/h13-14H,7-12H2,1-6H3. The lowest BCUT2D eigenvalue weighted by atomic mass is 10.2. The Balaban J connectivity index is 1.88. The number of halogens is 2. The quantitative estimate of drug-likeness (QED) is 0.580. The lowest BCUT2D eigenvalue weighted by molar-refractivity contribution is 0.0240. The molecule has 1 aromatic heterocycles. The number of ether oxygens (including phenoxy) is 1. The minimum absolute atomic E-state index is 0.277. The highest BCUT2D eigenvalue weighted by atomic mass is 79.9. The highest BCUT2D eigenvalue weighted by Crippen LogP contribution is 2.33. The molecule has 176 valence electrons. The number of nitrogens with zero attached hydrogens (tertiary/aromatic N) is 6. The van der Waals surface area contributed by atoms with Gasteiger partial charge in [0.05, 0.1) is 10.5 Å². The molecule has 1 fully saturated rings.